The highest BCUT2D eigenvalue weighted by Crippen LogP contribution is 2.31. The van der Waals surface area contributed by atoms with Gasteiger partial charge in [-0.15, -0.1) is 0 Å². The average Bonchev–Trinajstić information content (AvgIpc) is 0.790. The van der Waals surface area contributed by atoms with E-state index in [9.17, 15) is 45.6 Å². The zero-order chi connectivity index (χ0) is 73.7. The number of unbranched alkanes of at least 4 members (excludes halogenated alkanes) is 48. The fourth-order valence-electron chi connectivity index (χ4n) is 14.2. The minimum Gasteiger partial charge on any atom is -0.394 e. The summed E-state index contributed by atoms with van der Waals surface area (Å²) in [6, 6.07) is -0.834. The van der Waals surface area contributed by atoms with Crippen LogP contribution in [0.25, 0.3) is 0 Å². The van der Waals surface area contributed by atoms with Gasteiger partial charge >= 0.3 is 0 Å². The molecule has 2 aliphatic rings. The predicted octanol–water partition coefficient (Wildman–Crippen LogP) is 20.5. The minimum absolute atomic E-state index is 0.202. The number of hydrogen-bond acceptors (Lipinski definition) is 13. The van der Waals surface area contributed by atoms with Crippen LogP contribution in [-0.4, -0.2) is 140 Å². The van der Waals surface area contributed by atoms with Gasteiger partial charge in [-0.05, 0) is 64.2 Å². The van der Waals surface area contributed by atoms with Gasteiger partial charge in [0.25, 0.3) is 0 Å². The molecule has 0 radical (unpaired) electrons. The summed E-state index contributed by atoms with van der Waals surface area (Å²) in [5.74, 6) is -0.202. The zero-order valence-corrected chi connectivity index (χ0v) is 65.6. The zero-order valence-electron chi connectivity index (χ0n) is 65.6. The molecule has 102 heavy (non-hydrogen) atoms. The Balaban J connectivity index is 1.58. The van der Waals surface area contributed by atoms with Gasteiger partial charge in [-0.2, -0.15) is 0 Å². The molecule has 14 heteroatoms. The third kappa shape index (κ3) is 53.3. The number of nitrogens with one attached hydrogen (secondary N) is 1. The molecule has 0 aromatic rings. The summed E-state index contributed by atoms with van der Waals surface area (Å²) >= 11 is 0. The van der Waals surface area contributed by atoms with Gasteiger partial charge in [0, 0.05) is 6.42 Å². The highest BCUT2D eigenvalue weighted by molar-refractivity contribution is 5.76. The summed E-state index contributed by atoms with van der Waals surface area (Å²) in [6.07, 6.45) is 82.4. The molecule has 0 bridgehead atoms. The van der Waals surface area contributed by atoms with Gasteiger partial charge in [0.15, 0.2) is 12.6 Å². The predicted molar refractivity (Wildman–Crippen MR) is 424 cm³/mol. The van der Waals surface area contributed by atoms with Gasteiger partial charge in [0.1, 0.15) is 48.8 Å². The Morgan fingerprint density at radius 1 is 0.363 bits per heavy atom. The first-order chi connectivity index (χ1) is 50.1. The molecule has 0 spiro atoms. The van der Waals surface area contributed by atoms with Gasteiger partial charge < -0.3 is 65.1 Å². The molecule has 2 saturated heterocycles. The lowest BCUT2D eigenvalue weighted by Crippen LogP contribution is -2.65. The topological polar surface area (TPSA) is 228 Å². The van der Waals surface area contributed by atoms with E-state index in [1.807, 2.05) is 0 Å². The first kappa shape index (κ1) is 95.5. The maximum Gasteiger partial charge on any atom is 0.220 e. The van der Waals surface area contributed by atoms with Crippen molar-refractivity contribution in [3.63, 3.8) is 0 Å². The third-order valence-electron chi connectivity index (χ3n) is 20.9. The van der Waals surface area contributed by atoms with Gasteiger partial charge in [-0.25, -0.2) is 0 Å². The van der Waals surface area contributed by atoms with Gasteiger partial charge in [-0.1, -0.05) is 389 Å². The Morgan fingerprint density at radius 2 is 0.676 bits per heavy atom. The largest absolute Gasteiger partial charge is 0.394 e. The summed E-state index contributed by atoms with van der Waals surface area (Å²) in [6.45, 7) is 2.81. The van der Waals surface area contributed by atoms with Crippen molar-refractivity contribution in [2.75, 3.05) is 19.8 Å². The van der Waals surface area contributed by atoms with Crippen molar-refractivity contribution in [2.24, 2.45) is 0 Å². The van der Waals surface area contributed by atoms with Gasteiger partial charge in [-0.3, -0.25) is 4.79 Å². The molecular weight excluding hydrogens is 1280 g/mol. The van der Waals surface area contributed by atoms with Crippen LogP contribution in [0.5, 0.6) is 0 Å². The van der Waals surface area contributed by atoms with Crippen LogP contribution in [0, 0.1) is 0 Å². The Morgan fingerprint density at radius 3 is 1.04 bits per heavy atom. The van der Waals surface area contributed by atoms with E-state index in [4.69, 9.17) is 18.9 Å². The molecule has 2 rings (SSSR count). The Kier molecular flexibility index (Phi) is 66.8. The number of ether oxygens (including phenoxy) is 4. The van der Waals surface area contributed by atoms with Crippen LogP contribution in [0.3, 0.4) is 0 Å². The average molecular weight is 1440 g/mol. The number of hydrogen-bond donors (Lipinski definition) is 9. The van der Waals surface area contributed by atoms with Crippen LogP contribution in [0.4, 0.5) is 0 Å². The van der Waals surface area contributed by atoms with Crippen LogP contribution in [0.2, 0.25) is 0 Å². The van der Waals surface area contributed by atoms with E-state index in [1.54, 1.807) is 0 Å². The molecule has 1 amide bonds. The molecule has 12 unspecified atom stereocenters. The molecule has 14 nitrogen and oxygen atoms in total. The monoisotopic (exact) mass is 1440 g/mol. The Labute approximate surface area is 625 Å². The van der Waals surface area contributed by atoms with Crippen LogP contribution in [0.15, 0.2) is 72.9 Å². The van der Waals surface area contributed by atoms with Gasteiger partial charge in [0.05, 0.1) is 32.0 Å². The quantitative estimate of drug-likeness (QED) is 0.0204. The number of allylic oxidation sites excluding steroid dienone is 12. The van der Waals surface area contributed by atoms with Crippen LogP contribution in [0.1, 0.15) is 386 Å². The number of amides is 1. The molecule has 596 valence electrons. The second-order valence-corrected chi connectivity index (χ2v) is 30.3. The molecule has 2 heterocycles. The van der Waals surface area contributed by atoms with Crippen molar-refractivity contribution in [2.45, 2.75) is 460 Å². The lowest BCUT2D eigenvalue weighted by molar-refractivity contribution is -0.359. The lowest BCUT2D eigenvalue weighted by Gasteiger charge is -2.46. The van der Waals surface area contributed by atoms with E-state index in [-0.39, 0.29) is 12.5 Å². The number of rotatable bonds is 73. The first-order valence-electron chi connectivity index (χ1n) is 43.2. The second-order valence-electron chi connectivity index (χ2n) is 30.3. The van der Waals surface area contributed by atoms with Crippen molar-refractivity contribution in [3.8, 4) is 0 Å². The molecule has 0 aliphatic carbocycles. The smallest absolute Gasteiger partial charge is 0.220 e. The molecular formula is C88H161NO13. The Hall–Kier alpha value is -2.57. The second kappa shape index (κ2) is 71.4. The van der Waals surface area contributed by atoms with E-state index in [1.165, 1.54) is 270 Å². The van der Waals surface area contributed by atoms with Crippen molar-refractivity contribution < 1.29 is 64.6 Å². The Bertz CT molecular complexity index is 1990. The van der Waals surface area contributed by atoms with E-state index in [0.29, 0.717) is 12.8 Å². The maximum absolute atomic E-state index is 13.4. The number of aliphatic hydroxyl groups excluding tert-OH is 8. The highest BCUT2D eigenvalue weighted by atomic mass is 16.7. The molecule has 0 aromatic carbocycles. The summed E-state index contributed by atoms with van der Waals surface area (Å²) in [5, 5.41) is 88.0. The van der Waals surface area contributed by atoms with E-state index >= 15 is 0 Å². The number of aliphatic hydroxyl groups is 8. The highest BCUT2D eigenvalue weighted by Gasteiger charge is 2.51. The van der Waals surface area contributed by atoms with Crippen molar-refractivity contribution in [1.82, 2.24) is 5.32 Å². The fraction of sp³-hybridized carbons (Fsp3) is 0.852. The van der Waals surface area contributed by atoms with Gasteiger partial charge in [0.2, 0.25) is 5.91 Å². The molecule has 0 aromatic heterocycles. The molecule has 2 fully saturated rings. The SMILES string of the molecule is CC/C=C\C/C=C\C/C=C\C/C=C\C/C=C\C/C=C\CCCCCCCCCCCCCCCCCCC(=O)NC(COC1OC(CO)C(OC2OC(CO)C(O)C(O)C2O)C(O)C1O)C(O)CCCCCCCCCCCCCCCCCCCCCCCCCCCCCCCCCCC. The summed E-state index contributed by atoms with van der Waals surface area (Å²) in [4.78, 5) is 13.4. The van der Waals surface area contributed by atoms with Crippen molar-refractivity contribution >= 4 is 5.91 Å². The number of carbonyl (C=O) groups is 1. The first-order valence-corrected chi connectivity index (χ1v) is 43.2. The standard InChI is InChI=1S/C88H161NO13/c1-3-5-7-9-11-13-15-17-19-21-23-25-27-29-31-33-35-37-38-40-42-44-46-48-50-52-54-56-58-60-62-64-66-68-70-72-80(93)89-76(75-99-87-85(98)83(96)86(79(74-91)101-87)102-88-84(97)82(95)81(94)78(73-90)100-88)77(92)71-69-67-65-63-61-59-57-55-53-51-49-47-45-43-41-39-36-34-32-30-28-26-24-22-20-18-16-14-12-10-8-6-4-2/h5,7,11,13,17,19,23,25,29,31,35,37,76-79,81-88,90-92,94-98H,3-4,6,8-10,12,14-16,18,20-22,24,26-28,30,32-34,36,38-75H2,1-2H3,(H,89,93)/b7-5-,13-11-,19-17-,25-23-,31-29-,37-35-. The lowest BCUT2D eigenvalue weighted by atomic mass is 9.97. The third-order valence-corrected chi connectivity index (χ3v) is 20.9. The van der Waals surface area contributed by atoms with E-state index in [0.717, 1.165) is 89.9 Å². The fourth-order valence-corrected chi connectivity index (χ4v) is 14.2. The summed E-state index contributed by atoms with van der Waals surface area (Å²) in [7, 11) is 0. The molecule has 12 atom stereocenters. The van der Waals surface area contributed by atoms with Crippen molar-refractivity contribution in [3.05, 3.63) is 72.9 Å². The van der Waals surface area contributed by atoms with Crippen LogP contribution in [-0.2, 0) is 23.7 Å². The maximum atomic E-state index is 13.4. The molecule has 0 saturated carbocycles. The van der Waals surface area contributed by atoms with E-state index in [2.05, 4.69) is 92.1 Å². The normalized spacial score (nSPS) is 22.0. The van der Waals surface area contributed by atoms with Crippen LogP contribution < -0.4 is 5.32 Å². The molecule has 9 N–H and O–H groups in total. The van der Waals surface area contributed by atoms with Crippen LogP contribution >= 0.6 is 0 Å². The molecule has 2 aliphatic heterocycles. The number of carbonyl (C=O) groups excluding carboxylic acids is 1. The van der Waals surface area contributed by atoms with E-state index < -0.39 is 86.8 Å². The minimum atomic E-state index is -1.79. The summed E-state index contributed by atoms with van der Waals surface area (Å²) in [5.41, 5.74) is 0. The van der Waals surface area contributed by atoms with Crippen molar-refractivity contribution in [1.29, 1.82) is 0 Å². The summed E-state index contributed by atoms with van der Waals surface area (Å²) < 4.78 is 23.0.